The Morgan fingerprint density at radius 3 is 2.95 bits per heavy atom. The molecule has 0 radical (unpaired) electrons. The summed E-state index contributed by atoms with van der Waals surface area (Å²) in [5, 5.41) is 2.90. The fourth-order valence-corrected chi connectivity index (χ4v) is 3.78. The van der Waals surface area contributed by atoms with Crippen LogP contribution < -0.4 is 5.32 Å². The predicted octanol–water partition coefficient (Wildman–Crippen LogP) is 3.69. The van der Waals surface area contributed by atoms with Gasteiger partial charge in [-0.1, -0.05) is 23.9 Å². The predicted molar refractivity (Wildman–Crippen MR) is 82.9 cm³/mol. The molecule has 0 saturated heterocycles. The number of thioether (sulfide) groups is 1. The molecule has 0 aliphatic rings. The van der Waals surface area contributed by atoms with Gasteiger partial charge in [0.05, 0.1) is 10.2 Å². The van der Waals surface area contributed by atoms with Gasteiger partial charge >= 0.3 is 0 Å². The van der Waals surface area contributed by atoms with Crippen LogP contribution in [-0.2, 0) is 4.79 Å². The molecule has 1 amide bonds. The van der Waals surface area contributed by atoms with E-state index < -0.39 is 0 Å². The number of carbonyl (C=O) groups is 1. The fraction of sp³-hybridized carbons (Fsp3) is 0.429. The zero-order chi connectivity index (χ0) is 13.7. The van der Waals surface area contributed by atoms with Gasteiger partial charge < -0.3 is 5.32 Å². The molecule has 3 nitrogen and oxygen atoms in total. The maximum atomic E-state index is 11.5. The lowest BCUT2D eigenvalue weighted by molar-refractivity contribution is -0.121. The highest BCUT2D eigenvalue weighted by Crippen LogP contribution is 2.29. The Morgan fingerprint density at radius 2 is 2.21 bits per heavy atom. The van der Waals surface area contributed by atoms with Crippen LogP contribution in [0.3, 0.4) is 0 Å². The molecule has 19 heavy (non-hydrogen) atoms. The van der Waals surface area contributed by atoms with Crippen molar-refractivity contribution < 1.29 is 4.79 Å². The lowest BCUT2D eigenvalue weighted by atomic mass is 10.3. The summed E-state index contributed by atoms with van der Waals surface area (Å²) in [5.74, 6) is 1.07. The molecule has 5 heteroatoms. The van der Waals surface area contributed by atoms with E-state index in [-0.39, 0.29) is 11.9 Å². The molecule has 102 valence electrons. The van der Waals surface area contributed by atoms with E-state index in [1.165, 1.54) is 4.70 Å². The van der Waals surface area contributed by atoms with E-state index in [0.717, 1.165) is 22.0 Å². The molecule has 0 unspecified atom stereocenters. The number of aromatic nitrogens is 1. The highest BCUT2D eigenvalue weighted by molar-refractivity contribution is 8.01. The number of hydrogen-bond donors (Lipinski definition) is 1. The summed E-state index contributed by atoms with van der Waals surface area (Å²) in [4.78, 5) is 16.0. The molecular weight excluding hydrogens is 276 g/mol. The van der Waals surface area contributed by atoms with Gasteiger partial charge in [0, 0.05) is 18.2 Å². The van der Waals surface area contributed by atoms with Crippen LogP contribution in [-0.4, -0.2) is 22.7 Å². The molecule has 1 aromatic carbocycles. The number of amides is 1. The second-order valence-electron chi connectivity index (χ2n) is 4.62. The zero-order valence-electron chi connectivity index (χ0n) is 11.2. The number of thiazole rings is 1. The quantitative estimate of drug-likeness (QED) is 0.652. The third-order valence-corrected chi connectivity index (χ3v) is 4.76. The topological polar surface area (TPSA) is 42.0 Å². The Kier molecular flexibility index (Phi) is 5.22. The number of carbonyl (C=O) groups excluding carboxylic acids is 1. The van der Waals surface area contributed by atoms with E-state index in [1.54, 1.807) is 23.1 Å². The Morgan fingerprint density at radius 1 is 1.42 bits per heavy atom. The highest BCUT2D eigenvalue weighted by atomic mass is 32.2. The van der Waals surface area contributed by atoms with Crippen molar-refractivity contribution in [1.29, 1.82) is 0 Å². The van der Waals surface area contributed by atoms with Crippen molar-refractivity contribution in [2.24, 2.45) is 0 Å². The van der Waals surface area contributed by atoms with Crippen LogP contribution in [0.25, 0.3) is 10.2 Å². The molecule has 1 aromatic heterocycles. The number of nitrogens with zero attached hydrogens (tertiary/aromatic N) is 1. The SMILES string of the molecule is CC(C)NC(=O)CCCSc1nc2ccccc2s1. The molecule has 2 rings (SSSR count). The standard InChI is InChI=1S/C14H18N2OS2/c1-10(2)15-13(17)8-5-9-18-14-16-11-6-3-4-7-12(11)19-14/h3-4,6-7,10H,5,8-9H2,1-2H3,(H,15,17). The van der Waals surface area contributed by atoms with Gasteiger partial charge in [-0.25, -0.2) is 4.98 Å². The second-order valence-corrected chi connectivity index (χ2v) is 6.99. The first-order valence-corrected chi connectivity index (χ1v) is 8.23. The Labute approximate surface area is 121 Å². The maximum Gasteiger partial charge on any atom is 0.220 e. The molecule has 0 saturated carbocycles. The molecule has 0 atom stereocenters. The number of fused-ring (bicyclic) bond motifs is 1. The number of nitrogens with one attached hydrogen (secondary N) is 1. The molecular formula is C14H18N2OS2. The van der Waals surface area contributed by atoms with Gasteiger partial charge in [-0.15, -0.1) is 11.3 Å². The summed E-state index contributed by atoms with van der Waals surface area (Å²) >= 11 is 3.45. The smallest absolute Gasteiger partial charge is 0.220 e. The van der Waals surface area contributed by atoms with Crippen LogP contribution in [0, 0.1) is 0 Å². The third-order valence-electron chi connectivity index (χ3n) is 2.50. The zero-order valence-corrected chi connectivity index (χ0v) is 12.8. The van der Waals surface area contributed by atoms with Crippen LogP contribution in [0.15, 0.2) is 28.6 Å². The molecule has 0 bridgehead atoms. The first kappa shape index (κ1) is 14.3. The largest absolute Gasteiger partial charge is 0.354 e. The first-order valence-electron chi connectivity index (χ1n) is 6.43. The normalized spacial score (nSPS) is 11.1. The number of benzene rings is 1. The summed E-state index contributed by atoms with van der Waals surface area (Å²) in [6, 6.07) is 8.39. The van der Waals surface area contributed by atoms with Crippen LogP contribution in [0.4, 0.5) is 0 Å². The summed E-state index contributed by atoms with van der Waals surface area (Å²) < 4.78 is 2.31. The average molecular weight is 294 g/mol. The van der Waals surface area contributed by atoms with Gasteiger partial charge in [0.15, 0.2) is 4.34 Å². The summed E-state index contributed by atoms with van der Waals surface area (Å²) in [6.45, 7) is 3.96. The van der Waals surface area contributed by atoms with E-state index in [9.17, 15) is 4.79 Å². The molecule has 0 fully saturated rings. The van der Waals surface area contributed by atoms with Crippen molar-refractivity contribution in [1.82, 2.24) is 10.3 Å². The van der Waals surface area contributed by atoms with Crippen LogP contribution in [0.5, 0.6) is 0 Å². The van der Waals surface area contributed by atoms with E-state index in [2.05, 4.69) is 16.4 Å². The van der Waals surface area contributed by atoms with Crippen LogP contribution in [0.2, 0.25) is 0 Å². The van der Waals surface area contributed by atoms with Crippen molar-refractivity contribution in [3.63, 3.8) is 0 Å². The fourth-order valence-electron chi connectivity index (χ4n) is 1.70. The molecule has 0 spiro atoms. The van der Waals surface area contributed by atoms with Crippen molar-refractivity contribution in [2.45, 2.75) is 37.1 Å². The van der Waals surface area contributed by atoms with Gasteiger partial charge in [0.1, 0.15) is 0 Å². The third kappa shape index (κ3) is 4.51. The summed E-state index contributed by atoms with van der Waals surface area (Å²) in [6.07, 6.45) is 1.48. The lowest BCUT2D eigenvalue weighted by Crippen LogP contribution is -2.29. The van der Waals surface area contributed by atoms with Crippen LogP contribution in [0.1, 0.15) is 26.7 Å². The average Bonchev–Trinajstić information content (AvgIpc) is 2.76. The van der Waals surface area contributed by atoms with E-state index in [4.69, 9.17) is 0 Å². The molecule has 1 N–H and O–H groups in total. The molecule has 0 aliphatic carbocycles. The molecule has 1 heterocycles. The van der Waals surface area contributed by atoms with E-state index in [0.29, 0.717) is 6.42 Å². The van der Waals surface area contributed by atoms with Crippen molar-refractivity contribution >= 4 is 39.2 Å². The van der Waals surface area contributed by atoms with Gasteiger partial charge in [-0.05, 0) is 32.4 Å². The van der Waals surface area contributed by atoms with E-state index in [1.807, 2.05) is 32.0 Å². The second kappa shape index (κ2) is 6.91. The minimum atomic E-state index is 0.139. The van der Waals surface area contributed by atoms with Crippen molar-refractivity contribution in [3.8, 4) is 0 Å². The lowest BCUT2D eigenvalue weighted by Gasteiger charge is -2.07. The van der Waals surface area contributed by atoms with E-state index >= 15 is 0 Å². The molecule has 2 aromatic rings. The van der Waals surface area contributed by atoms with Crippen LogP contribution >= 0.6 is 23.1 Å². The number of hydrogen-bond acceptors (Lipinski definition) is 4. The highest BCUT2D eigenvalue weighted by Gasteiger charge is 2.05. The van der Waals surface area contributed by atoms with Crippen molar-refractivity contribution in [3.05, 3.63) is 24.3 Å². The number of para-hydroxylation sites is 1. The monoisotopic (exact) mass is 294 g/mol. The minimum absolute atomic E-state index is 0.139. The number of rotatable bonds is 6. The van der Waals surface area contributed by atoms with Gasteiger partial charge in [-0.2, -0.15) is 0 Å². The van der Waals surface area contributed by atoms with Gasteiger partial charge in [0.25, 0.3) is 0 Å². The minimum Gasteiger partial charge on any atom is -0.354 e. The Hall–Kier alpha value is -1.07. The van der Waals surface area contributed by atoms with Gasteiger partial charge in [-0.3, -0.25) is 4.79 Å². The summed E-state index contributed by atoms with van der Waals surface area (Å²) in [7, 11) is 0. The first-order chi connectivity index (χ1) is 9.15. The van der Waals surface area contributed by atoms with Crippen molar-refractivity contribution in [2.75, 3.05) is 5.75 Å². The maximum absolute atomic E-state index is 11.5. The summed E-state index contributed by atoms with van der Waals surface area (Å²) in [5.41, 5.74) is 1.06. The Balaban J connectivity index is 1.75. The van der Waals surface area contributed by atoms with Gasteiger partial charge in [0.2, 0.25) is 5.91 Å². The Bertz CT molecular complexity index is 518. The molecule has 0 aliphatic heterocycles.